The molecule has 0 radical (unpaired) electrons. The molecule has 6 aliphatic heterocycles. The molecule has 17 nitrogen and oxygen atoms in total. The van der Waals surface area contributed by atoms with Gasteiger partial charge in [-0.3, -0.25) is 19.7 Å². The monoisotopic (exact) mass is 824 g/mol. The number of fused-ring (bicyclic) bond motifs is 6. The van der Waals surface area contributed by atoms with Crippen molar-refractivity contribution in [3.63, 3.8) is 0 Å². The number of allylic oxidation sites excluding steroid dienone is 1. The topological polar surface area (TPSA) is 238 Å². The molecule has 1 spiro atoms. The van der Waals surface area contributed by atoms with Crippen LogP contribution in [0.5, 0.6) is 28.7 Å². The van der Waals surface area contributed by atoms with Gasteiger partial charge in [-0.15, -0.1) is 0 Å². The molecule has 0 aromatic heterocycles. The maximum atomic E-state index is 12.6. The fraction of sp³-hybridized carbons (Fsp3) is 0.395. The summed E-state index contributed by atoms with van der Waals surface area (Å²) in [6.45, 7) is 1.06. The summed E-state index contributed by atoms with van der Waals surface area (Å²) in [5.41, 5.74) is 9.71. The first kappa shape index (κ1) is 39.6. The lowest BCUT2D eigenvalue weighted by Crippen LogP contribution is -3.05. The predicted octanol–water partition coefficient (Wildman–Crippen LogP) is -0.457. The lowest BCUT2D eigenvalue weighted by atomic mass is 9.77. The number of ether oxygens (including phenoxy) is 7. The van der Waals surface area contributed by atoms with Crippen LogP contribution in [-0.4, -0.2) is 109 Å². The fourth-order valence-corrected chi connectivity index (χ4v) is 9.23. The minimum Gasteiger partial charge on any atom is -0.550 e. The Kier molecular flexibility index (Phi) is 10.3. The van der Waals surface area contributed by atoms with Crippen LogP contribution >= 0.6 is 0 Å². The summed E-state index contributed by atoms with van der Waals surface area (Å²) in [6, 6.07) is 17.3. The summed E-state index contributed by atoms with van der Waals surface area (Å²) in [5.74, 6) is -1.02. The predicted molar refractivity (Wildman–Crippen MR) is 208 cm³/mol. The third-order valence-corrected chi connectivity index (χ3v) is 12.0. The zero-order valence-electron chi connectivity index (χ0n) is 32.6. The molecule has 6 N–H and O–H groups in total. The molecule has 17 heteroatoms. The Morgan fingerprint density at radius 3 is 2.62 bits per heavy atom. The molecule has 1 saturated heterocycles. The second-order valence-corrected chi connectivity index (χ2v) is 15.6. The molecule has 0 amide bonds. The maximum absolute atomic E-state index is 12.6. The summed E-state index contributed by atoms with van der Waals surface area (Å²) in [7, 11) is 3.14. The molecule has 11 unspecified atom stereocenters. The number of carboxylic acids is 1. The van der Waals surface area contributed by atoms with E-state index in [1.165, 1.54) is 6.21 Å². The first-order valence-electron chi connectivity index (χ1n) is 19.6. The van der Waals surface area contributed by atoms with E-state index in [2.05, 4.69) is 16.2 Å². The Labute approximate surface area is 343 Å². The van der Waals surface area contributed by atoms with E-state index in [9.17, 15) is 30.0 Å². The van der Waals surface area contributed by atoms with Crippen molar-refractivity contribution in [3.8, 4) is 28.7 Å². The van der Waals surface area contributed by atoms with Gasteiger partial charge >= 0.3 is 5.97 Å². The Balaban J connectivity index is 1.12. The lowest BCUT2D eigenvalue weighted by molar-refractivity contribution is -0.848. The van der Waals surface area contributed by atoms with Crippen molar-refractivity contribution < 1.29 is 68.1 Å². The highest BCUT2D eigenvalue weighted by Gasteiger charge is 2.62. The molecular weight excluding hydrogens is 780 g/mol. The SMILES string of the molecule is COc1ccc2c(c1OC)OC1c3c(C[NH+]4C=C5C=CN=C5C4)cc(OC4OC5(CC=NC(N)C5OC(=O)CC(=O)[O-])C(O)C(O)C4O)cc3OC(Cc3ccccc3)C21. The number of hydrogen-bond acceptors (Lipinski definition) is 16. The van der Waals surface area contributed by atoms with Gasteiger partial charge in [0.05, 0.1) is 38.1 Å². The van der Waals surface area contributed by atoms with Crippen molar-refractivity contribution in [1.82, 2.24) is 0 Å². The molecule has 6 heterocycles. The van der Waals surface area contributed by atoms with Crippen LogP contribution in [0.3, 0.4) is 0 Å². The van der Waals surface area contributed by atoms with Crippen molar-refractivity contribution in [2.45, 2.75) is 86.4 Å². The Hall–Kier alpha value is -5.82. The van der Waals surface area contributed by atoms with Gasteiger partial charge in [0.1, 0.15) is 78.8 Å². The summed E-state index contributed by atoms with van der Waals surface area (Å²) in [5, 5.41) is 45.2. The van der Waals surface area contributed by atoms with Crippen molar-refractivity contribution >= 4 is 23.9 Å². The van der Waals surface area contributed by atoms with Gasteiger partial charge in [0.15, 0.2) is 17.6 Å². The highest BCUT2D eigenvalue weighted by molar-refractivity contribution is 6.06. The van der Waals surface area contributed by atoms with Crippen LogP contribution in [-0.2, 0) is 32.0 Å². The maximum Gasteiger partial charge on any atom is 0.312 e. The zero-order valence-corrected chi connectivity index (χ0v) is 32.6. The van der Waals surface area contributed by atoms with E-state index in [1.54, 1.807) is 32.6 Å². The number of hydrogen-bond donors (Lipinski definition) is 5. The molecule has 1 fully saturated rings. The minimum atomic E-state index is -2.00. The number of quaternary nitrogens is 1. The summed E-state index contributed by atoms with van der Waals surface area (Å²) in [6.07, 6.45) is -4.80. The van der Waals surface area contributed by atoms with E-state index in [4.69, 9.17) is 38.9 Å². The van der Waals surface area contributed by atoms with Crippen molar-refractivity contribution in [2.24, 2.45) is 15.7 Å². The average molecular weight is 825 g/mol. The number of carbonyl (C=O) groups excluding carboxylic acids is 2. The first-order chi connectivity index (χ1) is 29.0. The Morgan fingerprint density at radius 1 is 1.05 bits per heavy atom. The lowest BCUT2D eigenvalue weighted by Gasteiger charge is -2.52. The second-order valence-electron chi connectivity index (χ2n) is 15.6. The van der Waals surface area contributed by atoms with Gasteiger partial charge in [-0.2, -0.15) is 0 Å². The number of nitrogens with two attached hydrogens (primary N) is 1. The second kappa shape index (κ2) is 15.7. The molecule has 9 rings (SSSR count). The minimum absolute atomic E-state index is 0.182. The molecule has 0 saturated carbocycles. The smallest absolute Gasteiger partial charge is 0.312 e. The molecule has 60 heavy (non-hydrogen) atoms. The number of aliphatic imine (C=N–C) groups is 2. The quantitative estimate of drug-likeness (QED) is 0.122. The normalized spacial score (nSPS) is 31.8. The number of aliphatic carboxylic acids is 1. The Bertz CT molecular complexity index is 2320. The summed E-state index contributed by atoms with van der Waals surface area (Å²) < 4.78 is 43.5. The molecule has 3 aromatic rings. The van der Waals surface area contributed by atoms with E-state index in [0.717, 1.165) is 38.4 Å². The highest BCUT2D eigenvalue weighted by Crippen LogP contribution is 2.59. The zero-order chi connectivity index (χ0) is 41.9. The number of aliphatic hydroxyl groups is 3. The summed E-state index contributed by atoms with van der Waals surface area (Å²) in [4.78, 5) is 33.5. The summed E-state index contributed by atoms with van der Waals surface area (Å²) >= 11 is 0. The number of esters is 1. The van der Waals surface area contributed by atoms with E-state index >= 15 is 0 Å². The Morgan fingerprint density at radius 2 is 1.87 bits per heavy atom. The van der Waals surface area contributed by atoms with Crippen LogP contribution in [0.1, 0.15) is 47.1 Å². The number of nitrogens with zero attached hydrogens (tertiary/aromatic N) is 2. The van der Waals surface area contributed by atoms with Crippen molar-refractivity contribution in [2.75, 3.05) is 20.8 Å². The van der Waals surface area contributed by atoms with Crippen LogP contribution in [0.15, 0.2) is 88.6 Å². The largest absolute Gasteiger partial charge is 0.550 e. The van der Waals surface area contributed by atoms with Gasteiger partial charge in [-0.05, 0) is 23.8 Å². The average Bonchev–Trinajstić information content (AvgIpc) is 3.94. The third kappa shape index (κ3) is 6.86. The number of aliphatic hydroxyl groups excluding tert-OH is 3. The number of rotatable bonds is 11. The van der Waals surface area contributed by atoms with Gasteiger partial charge in [-0.25, -0.2) is 0 Å². The van der Waals surface area contributed by atoms with Crippen LogP contribution in [0.2, 0.25) is 0 Å². The first-order valence-corrected chi connectivity index (χ1v) is 19.6. The highest BCUT2D eigenvalue weighted by atomic mass is 16.7. The van der Waals surface area contributed by atoms with Crippen molar-refractivity contribution in [1.29, 1.82) is 0 Å². The molecule has 0 aliphatic carbocycles. The number of methoxy groups -OCH3 is 2. The molecule has 0 bridgehead atoms. The molecular formula is C43H44N4O13. The molecule has 6 aliphatic rings. The van der Waals surface area contributed by atoms with Crippen molar-refractivity contribution in [3.05, 3.63) is 101 Å². The fourth-order valence-electron chi connectivity index (χ4n) is 9.23. The molecule has 3 aromatic carbocycles. The van der Waals surface area contributed by atoms with E-state index < -0.39 is 73.0 Å². The van der Waals surface area contributed by atoms with Gasteiger partial charge in [-0.1, -0.05) is 36.4 Å². The van der Waals surface area contributed by atoms with Gasteiger partial charge < -0.3 is 64.1 Å². The van der Waals surface area contributed by atoms with Crippen LogP contribution < -0.4 is 39.4 Å². The third-order valence-electron chi connectivity index (χ3n) is 12.0. The van der Waals surface area contributed by atoms with Crippen LogP contribution in [0.25, 0.3) is 0 Å². The van der Waals surface area contributed by atoms with Crippen LogP contribution in [0, 0.1) is 0 Å². The number of carbonyl (C=O) groups is 2. The van der Waals surface area contributed by atoms with Gasteiger partial charge in [0.25, 0.3) is 0 Å². The van der Waals surface area contributed by atoms with Gasteiger partial charge in [0, 0.05) is 48.0 Å². The van der Waals surface area contributed by atoms with E-state index in [-0.39, 0.29) is 18.1 Å². The van der Waals surface area contributed by atoms with Crippen LogP contribution in [0.4, 0.5) is 0 Å². The molecule has 11 atom stereocenters. The number of nitrogens with one attached hydrogen (secondary N) is 1. The van der Waals surface area contributed by atoms with E-state index in [1.807, 2.05) is 48.5 Å². The number of benzene rings is 3. The standard InChI is InChI=1S/C43H44N4O13/c1-54-27-9-8-25-33-28(14-21-6-4-3-5-7-21)57-29-16-24(15-23(19-47-18-22-10-12-45-26(22)20-47)32(29)38(33)59-36(25)37(27)55-2)56-42-35(52)34(51)39(53)43(60-42)11-13-46-41(44)40(43)58-31(50)17-30(48)49/h3-10,12-13,15-16,18,28,33-35,38-42,51-53H,11,14,17,19-20,44H2,1-2H3,(H,48,49). The van der Waals surface area contributed by atoms with E-state index in [0.29, 0.717) is 42.5 Å². The molecule has 314 valence electrons. The number of carboxylic acid groups (broad SMARTS) is 1. The van der Waals surface area contributed by atoms with Gasteiger partial charge in [0.2, 0.25) is 12.0 Å².